The van der Waals surface area contributed by atoms with Gasteiger partial charge in [-0.25, -0.2) is 8.78 Å². The van der Waals surface area contributed by atoms with Crippen molar-refractivity contribution in [3.05, 3.63) is 39.9 Å². The Bertz CT molecular complexity index is 620. The first kappa shape index (κ1) is 11.9. The SMILES string of the molecule is Cc1ccc(F)c(-n2c(CO)n[nH]c2=S)c1F. The quantitative estimate of drug-likeness (QED) is 0.809. The molecule has 0 saturated heterocycles. The standard InChI is InChI=1S/C10H9F2N3OS/c1-5-2-3-6(11)9(8(5)12)15-7(4-16)13-14-10(15)17/h2-3,16H,4H2,1H3,(H,14,17). The number of aromatic nitrogens is 3. The first-order valence-corrected chi connectivity index (χ1v) is 5.19. The van der Waals surface area contributed by atoms with Crippen LogP contribution in [0, 0.1) is 23.3 Å². The molecule has 4 nitrogen and oxygen atoms in total. The molecule has 7 heteroatoms. The molecule has 2 aromatic rings. The number of nitrogens with zero attached hydrogens (tertiary/aromatic N) is 2. The molecule has 0 spiro atoms. The summed E-state index contributed by atoms with van der Waals surface area (Å²) >= 11 is 4.88. The second-order valence-electron chi connectivity index (χ2n) is 3.47. The van der Waals surface area contributed by atoms with Crippen LogP contribution in [0.4, 0.5) is 8.78 Å². The van der Waals surface area contributed by atoms with Crippen molar-refractivity contribution in [3.8, 4) is 5.69 Å². The van der Waals surface area contributed by atoms with Crippen molar-refractivity contribution >= 4 is 12.2 Å². The van der Waals surface area contributed by atoms with Crippen LogP contribution in [0.15, 0.2) is 12.1 Å². The Balaban J connectivity index is 2.81. The van der Waals surface area contributed by atoms with Crippen molar-refractivity contribution in [2.24, 2.45) is 0 Å². The van der Waals surface area contributed by atoms with Crippen molar-refractivity contribution in [3.63, 3.8) is 0 Å². The highest BCUT2D eigenvalue weighted by Gasteiger charge is 2.17. The van der Waals surface area contributed by atoms with Gasteiger partial charge in [0.25, 0.3) is 0 Å². The topological polar surface area (TPSA) is 53.8 Å². The van der Waals surface area contributed by atoms with E-state index in [1.807, 2.05) is 0 Å². The molecule has 0 atom stereocenters. The van der Waals surface area contributed by atoms with Crippen molar-refractivity contribution in [2.45, 2.75) is 13.5 Å². The predicted octanol–water partition coefficient (Wildman–Crippen LogP) is 2.01. The third-order valence-electron chi connectivity index (χ3n) is 2.37. The maximum atomic E-state index is 13.9. The van der Waals surface area contributed by atoms with Gasteiger partial charge in [0.1, 0.15) is 18.1 Å². The van der Waals surface area contributed by atoms with E-state index in [1.54, 1.807) is 0 Å². The Morgan fingerprint density at radius 2 is 2.18 bits per heavy atom. The summed E-state index contributed by atoms with van der Waals surface area (Å²) in [6.07, 6.45) is 0. The lowest BCUT2D eigenvalue weighted by molar-refractivity contribution is 0.268. The minimum Gasteiger partial charge on any atom is -0.388 e. The second kappa shape index (κ2) is 4.34. The molecule has 0 unspecified atom stereocenters. The fraction of sp³-hybridized carbons (Fsp3) is 0.200. The Morgan fingerprint density at radius 3 is 2.82 bits per heavy atom. The molecule has 1 aromatic heterocycles. The van der Waals surface area contributed by atoms with Gasteiger partial charge in [0, 0.05) is 0 Å². The predicted molar refractivity (Wildman–Crippen MR) is 59.3 cm³/mol. The largest absolute Gasteiger partial charge is 0.388 e. The van der Waals surface area contributed by atoms with Crippen LogP contribution in [0.1, 0.15) is 11.4 Å². The zero-order valence-electron chi connectivity index (χ0n) is 8.87. The van der Waals surface area contributed by atoms with Crippen LogP contribution in [0.3, 0.4) is 0 Å². The van der Waals surface area contributed by atoms with Crippen molar-refractivity contribution in [1.29, 1.82) is 0 Å². The zero-order chi connectivity index (χ0) is 12.6. The van der Waals surface area contributed by atoms with Crippen LogP contribution in [-0.2, 0) is 6.61 Å². The molecule has 2 N–H and O–H groups in total. The molecule has 1 aromatic carbocycles. The number of halogens is 2. The summed E-state index contributed by atoms with van der Waals surface area (Å²) in [6.45, 7) is 1.04. The lowest BCUT2D eigenvalue weighted by Crippen LogP contribution is -2.07. The van der Waals surface area contributed by atoms with Crippen molar-refractivity contribution < 1.29 is 13.9 Å². The Morgan fingerprint density at radius 1 is 1.47 bits per heavy atom. The number of hydrogen-bond acceptors (Lipinski definition) is 3. The second-order valence-corrected chi connectivity index (χ2v) is 3.85. The van der Waals surface area contributed by atoms with Gasteiger partial charge in [-0.2, -0.15) is 5.10 Å². The number of aliphatic hydroxyl groups excluding tert-OH is 1. The van der Waals surface area contributed by atoms with Gasteiger partial charge in [-0.3, -0.25) is 9.67 Å². The molecule has 0 fully saturated rings. The van der Waals surface area contributed by atoms with Gasteiger partial charge in [0.05, 0.1) is 0 Å². The van der Waals surface area contributed by atoms with Crippen molar-refractivity contribution in [2.75, 3.05) is 0 Å². The number of rotatable bonds is 2. The Kier molecular flexibility index (Phi) is 3.03. The smallest absolute Gasteiger partial charge is 0.200 e. The maximum absolute atomic E-state index is 13.9. The van der Waals surface area contributed by atoms with E-state index in [-0.39, 0.29) is 21.8 Å². The average molecular weight is 257 g/mol. The third kappa shape index (κ3) is 1.87. The summed E-state index contributed by atoms with van der Waals surface area (Å²) in [4.78, 5) is 0. The first-order valence-electron chi connectivity index (χ1n) is 4.78. The summed E-state index contributed by atoms with van der Waals surface area (Å²) in [5.41, 5.74) is -0.0406. The number of aliphatic hydroxyl groups is 1. The highest BCUT2D eigenvalue weighted by atomic mass is 32.1. The monoisotopic (exact) mass is 257 g/mol. The van der Waals surface area contributed by atoms with E-state index in [4.69, 9.17) is 17.3 Å². The van der Waals surface area contributed by atoms with E-state index in [0.717, 1.165) is 10.6 Å². The molecule has 0 saturated carbocycles. The van der Waals surface area contributed by atoms with E-state index in [1.165, 1.54) is 13.0 Å². The van der Waals surface area contributed by atoms with Crippen LogP contribution in [0.25, 0.3) is 5.69 Å². The number of H-pyrrole nitrogens is 1. The zero-order valence-corrected chi connectivity index (χ0v) is 9.68. The molecule has 90 valence electrons. The molecule has 0 aliphatic rings. The number of aromatic amines is 1. The number of hydrogen-bond donors (Lipinski definition) is 2. The molecular weight excluding hydrogens is 248 g/mol. The maximum Gasteiger partial charge on any atom is 0.200 e. The first-order chi connectivity index (χ1) is 8.06. The minimum absolute atomic E-state index is 0.0254. The summed E-state index contributed by atoms with van der Waals surface area (Å²) in [7, 11) is 0. The molecule has 0 aliphatic heterocycles. The Hall–Kier alpha value is -1.60. The van der Waals surface area contributed by atoms with E-state index in [9.17, 15) is 8.78 Å². The number of nitrogens with one attached hydrogen (secondary N) is 1. The van der Waals surface area contributed by atoms with Gasteiger partial charge in [0.2, 0.25) is 0 Å². The van der Waals surface area contributed by atoms with Gasteiger partial charge < -0.3 is 5.11 Å². The molecule has 1 heterocycles. The molecule has 0 amide bonds. The summed E-state index contributed by atoms with van der Waals surface area (Å²) in [5.74, 6) is -1.43. The van der Waals surface area contributed by atoms with Crippen LogP contribution < -0.4 is 0 Å². The number of benzene rings is 1. The van der Waals surface area contributed by atoms with E-state index in [2.05, 4.69) is 10.2 Å². The average Bonchev–Trinajstić information content (AvgIpc) is 2.67. The lowest BCUT2D eigenvalue weighted by atomic mass is 10.2. The highest BCUT2D eigenvalue weighted by molar-refractivity contribution is 7.71. The van der Waals surface area contributed by atoms with Gasteiger partial charge in [-0.15, -0.1) is 0 Å². The molecule has 17 heavy (non-hydrogen) atoms. The van der Waals surface area contributed by atoms with Gasteiger partial charge in [-0.05, 0) is 30.8 Å². The van der Waals surface area contributed by atoms with Gasteiger partial charge in [-0.1, -0.05) is 6.07 Å². The molecule has 0 radical (unpaired) electrons. The minimum atomic E-state index is -0.764. The highest BCUT2D eigenvalue weighted by Crippen LogP contribution is 2.22. The van der Waals surface area contributed by atoms with E-state index in [0.29, 0.717) is 0 Å². The summed E-state index contributed by atoms with van der Waals surface area (Å²) in [5, 5.41) is 15.1. The third-order valence-corrected chi connectivity index (χ3v) is 2.64. The number of aryl methyl sites for hydroxylation is 1. The van der Waals surface area contributed by atoms with E-state index >= 15 is 0 Å². The van der Waals surface area contributed by atoms with Crippen LogP contribution in [0.2, 0.25) is 0 Å². The summed E-state index contributed by atoms with van der Waals surface area (Å²) in [6, 6.07) is 2.47. The Labute approximate surface area is 101 Å². The van der Waals surface area contributed by atoms with Gasteiger partial charge >= 0.3 is 0 Å². The van der Waals surface area contributed by atoms with Crippen LogP contribution in [-0.4, -0.2) is 19.9 Å². The molecule has 2 rings (SSSR count). The molecule has 0 aliphatic carbocycles. The lowest BCUT2D eigenvalue weighted by Gasteiger charge is -2.09. The summed E-state index contributed by atoms with van der Waals surface area (Å²) < 4.78 is 28.6. The van der Waals surface area contributed by atoms with Crippen LogP contribution in [0.5, 0.6) is 0 Å². The molecular formula is C10H9F2N3OS. The molecule has 0 bridgehead atoms. The van der Waals surface area contributed by atoms with E-state index < -0.39 is 18.2 Å². The van der Waals surface area contributed by atoms with Crippen molar-refractivity contribution in [1.82, 2.24) is 14.8 Å². The fourth-order valence-electron chi connectivity index (χ4n) is 1.51. The normalized spacial score (nSPS) is 10.8. The fourth-order valence-corrected chi connectivity index (χ4v) is 1.76. The van der Waals surface area contributed by atoms with Crippen LogP contribution >= 0.6 is 12.2 Å². The van der Waals surface area contributed by atoms with Gasteiger partial charge in [0.15, 0.2) is 16.4 Å².